The third-order valence-corrected chi connectivity index (χ3v) is 3.23. The molecule has 3 aromatic rings. The minimum Gasteiger partial charge on any atom is -0.383 e. The predicted octanol–water partition coefficient (Wildman–Crippen LogP) is 2.16. The van der Waals surface area contributed by atoms with E-state index in [1.54, 1.807) is 15.6 Å². The highest BCUT2D eigenvalue weighted by atomic mass is 15.3. The maximum atomic E-state index is 6.16. The van der Waals surface area contributed by atoms with Gasteiger partial charge in [-0.1, -0.05) is 18.2 Å². The topological polar surface area (TPSA) is 61.7 Å². The summed E-state index contributed by atoms with van der Waals surface area (Å²) in [6, 6.07) is 11.8. The summed E-state index contributed by atoms with van der Waals surface area (Å²) >= 11 is 0. The van der Waals surface area contributed by atoms with Gasteiger partial charge in [0, 0.05) is 18.8 Å². The van der Waals surface area contributed by atoms with Crippen LogP contribution in [0.2, 0.25) is 0 Å². The van der Waals surface area contributed by atoms with E-state index in [1.165, 1.54) is 0 Å². The highest BCUT2D eigenvalue weighted by Gasteiger charge is 2.16. The molecule has 0 spiro atoms. The Balaban J connectivity index is 2.18. The van der Waals surface area contributed by atoms with Gasteiger partial charge in [0.2, 0.25) is 0 Å². The summed E-state index contributed by atoms with van der Waals surface area (Å²) in [6.45, 7) is 1.98. The minimum absolute atomic E-state index is 0.655. The van der Waals surface area contributed by atoms with Crippen LogP contribution in [-0.4, -0.2) is 19.6 Å². The van der Waals surface area contributed by atoms with Gasteiger partial charge in [-0.3, -0.25) is 4.68 Å². The molecule has 96 valence electrons. The number of rotatable bonds is 2. The van der Waals surface area contributed by atoms with Crippen LogP contribution in [-0.2, 0) is 7.05 Å². The van der Waals surface area contributed by atoms with Gasteiger partial charge in [0.15, 0.2) is 0 Å². The molecule has 0 aliphatic rings. The molecule has 0 unspecified atom stereocenters. The van der Waals surface area contributed by atoms with Crippen molar-refractivity contribution >= 4 is 5.82 Å². The molecule has 0 radical (unpaired) electrons. The van der Waals surface area contributed by atoms with Crippen molar-refractivity contribution in [3.63, 3.8) is 0 Å². The number of nitrogen functional groups attached to an aromatic ring is 1. The third-order valence-electron chi connectivity index (χ3n) is 3.23. The molecule has 1 aromatic carbocycles. The molecular weight excluding hydrogens is 238 g/mol. The average molecular weight is 253 g/mol. The van der Waals surface area contributed by atoms with Gasteiger partial charge < -0.3 is 5.73 Å². The molecule has 0 aliphatic carbocycles. The number of nitrogens with two attached hydrogens (primary N) is 1. The Morgan fingerprint density at radius 2 is 1.84 bits per heavy atom. The van der Waals surface area contributed by atoms with Crippen LogP contribution in [0.25, 0.3) is 17.1 Å². The lowest BCUT2D eigenvalue weighted by atomic mass is 10.2. The van der Waals surface area contributed by atoms with Crippen LogP contribution in [0.3, 0.4) is 0 Å². The van der Waals surface area contributed by atoms with Crippen LogP contribution in [0.4, 0.5) is 5.82 Å². The van der Waals surface area contributed by atoms with Crippen molar-refractivity contribution in [1.29, 1.82) is 0 Å². The molecule has 0 fully saturated rings. The van der Waals surface area contributed by atoms with Crippen molar-refractivity contribution in [2.45, 2.75) is 6.92 Å². The normalized spacial score (nSPS) is 10.8. The van der Waals surface area contributed by atoms with Crippen molar-refractivity contribution in [3.05, 3.63) is 48.2 Å². The van der Waals surface area contributed by atoms with Crippen LogP contribution in [0.1, 0.15) is 5.56 Å². The van der Waals surface area contributed by atoms with Crippen molar-refractivity contribution < 1.29 is 0 Å². The standard InChI is InChI=1S/C14H15N5/c1-10-13(12-8-9-16-18(12)2)17-19(14(10)15)11-6-4-3-5-7-11/h3-9H,15H2,1-2H3. The second kappa shape index (κ2) is 4.28. The van der Waals surface area contributed by atoms with Crippen LogP contribution in [0.15, 0.2) is 42.6 Å². The molecule has 5 heteroatoms. The summed E-state index contributed by atoms with van der Waals surface area (Å²) in [5.41, 5.74) is 9.90. The summed E-state index contributed by atoms with van der Waals surface area (Å²) < 4.78 is 3.56. The molecular formula is C14H15N5. The van der Waals surface area contributed by atoms with Crippen LogP contribution >= 0.6 is 0 Å². The Morgan fingerprint density at radius 3 is 2.47 bits per heavy atom. The monoisotopic (exact) mass is 253 g/mol. The van der Waals surface area contributed by atoms with Crippen molar-refractivity contribution in [1.82, 2.24) is 19.6 Å². The first-order valence-corrected chi connectivity index (χ1v) is 6.07. The largest absolute Gasteiger partial charge is 0.383 e. The summed E-state index contributed by atoms with van der Waals surface area (Å²) in [6.07, 6.45) is 1.76. The van der Waals surface area contributed by atoms with E-state index in [1.807, 2.05) is 50.4 Å². The first kappa shape index (κ1) is 11.5. The fourth-order valence-corrected chi connectivity index (χ4v) is 2.12. The number of nitrogens with zero attached hydrogens (tertiary/aromatic N) is 4. The average Bonchev–Trinajstić information content (AvgIpc) is 2.97. The molecule has 2 N–H and O–H groups in total. The first-order chi connectivity index (χ1) is 9.18. The lowest BCUT2D eigenvalue weighted by molar-refractivity contribution is 0.769. The van der Waals surface area contributed by atoms with Gasteiger partial charge in [0.25, 0.3) is 0 Å². The summed E-state index contributed by atoms with van der Waals surface area (Å²) in [5, 5.41) is 8.79. The molecule has 5 nitrogen and oxygen atoms in total. The zero-order chi connectivity index (χ0) is 13.4. The molecule has 0 bridgehead atoms. The van der Waals surface area contributed by atoms with Gasteiger partial charge >= 0.3 is 0 Å². The van der Waals surface area contributed by atoms with Gasteiger partial charge in [-0.25, -0.2) is 4.68 Å². The second-order valence-corrected chi connectivity index (χ2v) is 4.45. The van der Waals surface area contributed by atoms with Crippen molar-refractivity contribution in [2.75, 3.05) is 5.73 Å². The Bertz CT molecular complexity index is 709. The van der Waals surface area contributed by atoms with Crippen LogP contribution in [0.5, 0.6) is 0 Å². The molecule has 0 saturated carbocycles. The zero-order valence-electron chi connectivity index (χ0n) is 10.9. The number of aromatic nitrogens is 4. The lowest BCUT2D eigenvalue weighted by Gasteiger charge is -2.02. The Labute approximate surface area is 111 Å². The second-order valence-electron chi connectivity index (χ2n) is 4.45. The number of benzene rings is 1. The summed E-state index contributed by atoms with van der Waals surface area (Å²) in [5.74, 6) is 0.655. The van der Waals surface area contributed by atoms with E-state index in [9.17, 15) is 0 Å². The van der Waals surface area contributed by atoms with E-state index in [4.69, 9.17) is 5.73 Å². The maximum absolute atomic E-state index is 6.16. The molecule has 19 heavy (non-hydrogen) atoms. The van der Waals surface area contributed by atoms with E-state index >= 15 is 0 Å². The fourth-order valence-electron chi connectivity index (χ4n) is 2.12. The smallest absolute Gasteiger partial charge is 0.130 e. The fraction of sp³-hybridized carbons (Fsp3) is 0.143. The van der Waals surface area contributed by atoms with Gasteiger partial charge in [-0.2, -0.15) is 10.2 Å². The van der Waals surface area contributed by atoms with Gasteiger partial charge in [0.1, 0.15) is 11.5 Å². The Hall–Kier alpha value is -2.56. The predicted molar refractivity (Wildman–Crippen MR) is 74.9 cm³/mol. The summed E-state index contributed by atoms with van der Waals surface area (Å²) in [4.78, 5) is 0. The van der Waals surface area contributed by atoms with E-state index in [-0.39, 0.29) is 0 Å². The van der Waals surface area contributed by atoms with Crippen LogP contribution in [0, 0.1) is 6.92 Å². The van der Waals surface area contributed by atoms with E-state index in [0.717, 1.165) is 22.6 Å². The first-order valence-electron chi connectivity index (χ1n) is 6.07. The maximum Gasteiger partial charge on any atom is 0.130 e. The van der Waals surface area contributed by atoms with E-state index in [0.29, 0.717) is 5.82 Å². The number of anilines is 1. The van der Waals surface area contributed by atoms with E-state index < -0.39 is 0 Å². The molecule has 2 heterocycles. The SMILES string of the molecule is Cc1c(-c2ccnn2C)nn(-c2ccccc2)c1N. The zero-order valence-corrected chi connectivity index (χ0v) is 10.9. The molecule has 0 saturated heterocycles. The molecule has 2 aromatic heterocycles. The Morgan fingerprint density at radius 1 is 1.11 bits per heavy atom. The molecule has 0 atom stereocenters. The van der Waals surface area contributed by atoms with Crippen LogP contribution < -0.4 is 5.73 Å². The van der Waals surface area contributed by atoms with Gasteiger partial charge in [0.05, 0.1) is 11.4 Å². The molecule has 3 rings (SSSR count). The van der Waals surface area contributed by atoms with Crippen molar-refractivity contribution in [3.8, 4) is 17.1 Å². The van der Waals surface area contributed by atoms with Crippen molar-refractivity contribution in [2.24, 2.45) is 7.05 Å². The van der Waals surface area contributed by atoms with Gasteiger partial charge in [-0.15, -0.1) is 0 Å². The minimum atomic E-state index is 0.655. The molecule has 0 aliphatic heterocycles. The van der Waals surface area contributed by atoms with E-state index in [2.05, 4.69) is 10.2 Å². The lowest BCUT2D eigenvalue weighted by Crippen LogP contribution is -2.01. The highest BCUT2D eigenvalue weighted by Crippen LogP contribution is 2.27. The number of aryl methyl sites for hydroxylation is 1. The highest BCUT2D eigenvalue weighted by molar-refractivity contribution is 5.66. The number of hydrogen-bond donors (Lipinski definition) is 1. The number of para-hydroxylation sites is 1. The molecule has 0 amide bonds. The summed E-state index contributed by atoms with van der Waals surface area (Å²) in [7, 11) is 1.90. The number of hydrogen-bond acceptors (Lipinski definition) is 3. The third kappa shape index (κ3) is 1.79. The Kier molecular flexibility index (Phi) is 2.59. The van der Waals surface area contributed by atoms with Gasteiger partial charge in [-0.05, 0) is 25.1 Å². The quantitative estimate of drug-likeness (QED) is 0.761.